The van der Waals surface area contributed by atoms with Gasteiger partial charge in [0.2, 0.25) is 0 Å². The Morgan fingerprint density at radius 3 is 2.49 bits per heavy atom. The Hall–Kier alpha value is -4.89. The first-order valence-corrected chi connectivity index (χ1v) is 13.7. The summed E-state index contributed by atoms with van der Waals surface area (Å²) in [6.45, 7) is 1.88. The van der Waals surface area contributed by atoms with E-state index in [4.69, 9.17) is 11.6 Å². The van der Waals surface area contributed by atoms with E-state index in [2.05, 4.69) is 30.2 Å². The molecule has 10 heteroatoms. The van der Waals surface area contributed by atoms with E-state index >= 15 is 0 Å². The van der Waals surface area contributed by atoms with Gasteiger partial charge in [-0.3, -0.25) is 14.2 Å². The second-order valence-corrected chi connectivity index (χ2v) is 10.5. The number of anilines is 1. The highest BCUT2D eigenvalue weighted by Crippen LogP contribution is 2.39. The zero-order valence-corrected chi connectivity index (χ0v) is 22.8. The van der Waals surface area contributed by atoms with Gasteiger partial charge in [0.15, 0.2) is 5.43 Å². The maximum Gasteiger partial charge on any atom is 0.263 e. The molecule has 1 fully saturated rings. The number of aromatic nitrogens is 6. The summed E-state index contributed by atoms with van der Waals surface area (Å²) in [6.07, 6.45) is 8.71. The van der Waals surface area contributed by atoms with Gasteiger partial charge < -0.3 is 10.3 Å². The average molecular weight is 562 g/mol. The first kappa shape index (κ1) is 25.1. The third-order valence-corrected chi connectivity index (χ3v) is 7.83. The van der Waals surface area contributed by atoms with E-state index in [-0.39, 0.29) is 11.0 Å². The number of nitrogens with zero attached hydrogens (tertiary/aromatic N) is 5. The maximum atomic E-state index is 14.5. The fraction of sp³-hybridized carbons (Fsp3) is 0.161. The first-order chi connectivity index (χ1) is 20.0. The van der Waals surface area contributed by atoms with Crippen molar-refractivity contribution in [2.24, 2.45) is 0 Å². The molecule has 1 aliphatic rings. The fourth-order valence-electron chi connectivity index (χ4n) is 5.30. The number of H-pyrrole nitrogens is 1. The average Bonchev–Trinajstić information content (AvgIpc) is 3.85. The standard InChI is InChI=1S/C31H24ClN7O2/c1-17(38-30-25-23(40)12-13-33-29(25)36-16-37-30)27-26(32)22-9-5-8-21(19-14-34-28(35-15-19)18-10-11-18)24(22)31(41)39(27)20-6-3-2-4-7-20/h2-9,12-18H,10-11H2,1H3,(H2,33,36,37,38,40)/t17-/m0/s1. The number of aromatic amines is 1. The third-order valence-electron chi connectivity index (χ3n) is 7.44. The Morgan fingerprint density at radius 2 is 1.73 bits per heavy atom. The molecule has 9 nitrogen and oxygen atoms in total. The van der Waals surface area contributed by atoms with Crippen molar-refractivity contribution >= 4 is 39.2 Å². The number of nitrogens with one attached hydrogen (secondary N) is 2. The van der Waals surface area contributed by atoms with Crippen molar-refractivity contribution in [3.8, 4) is 16.8 Å². The molecule has 6 aromatic rings. The molecule has 0 spiro atoms. The number of hydrogen-bond acceptors (Lipinski definition) is 7. The zero-order valence-electron chi connectivity index (χ0n) is 22.0. The van der Waals surface area contributed by atoms with E-state index in [1.54, 1.807) is 23.2 Å². The van der Waals surface area contributed by atoms with Crippen LogP contribution in [0.15, 0.2) is 89.1 Å². The molecular formula is C31H24ClN7O2. The van der Waals surface area contributed by atoms with Crippen LogP contribution in [-0.2, 0) is 0 Å². The molecule has 7 rings (SSSR count). The van der Waals surface area contributed by atoms with Gasteiger partial charge in [0, 0.05) is 47.2 Å². The van der Waals surface area contributed by atoms with Crippen LogP contribution in [0.1, 0.15) is 43.2 Å². The number of halogens is 1. The van der Waals surface area contributed by atoms with Crippen molar-refractivity contribution in [1.82, 2.24) is 29.5 Å². The molecule has 0 aliphatic heterocycles. The smallest absolute Gasteiger partial charge is 0.263 e. The van der Waals surface area contributed by atoms with E-state index in [1.165, 1.54) is 12.4 Å². The Bertz CT molecular complexity index is 2050. The topological polar surface area (TPSA) is 118 Å². The monoisotopic (exact) mass is 561 g/mol. The second-order valence-electron chi connectivity index (χ2n) is 10.2. The van der Waals surface area contributed by atoms with Gasteiger partial charge >= 0.3 is 0 Å². The number of rotatable bonds is 6. The highest BCUT2D eigenvalue weighted by atomic mass is 35.5. The van der Waals surface area contributed by atoms with Gasteiger partial charge in [0.1, 0.15) is 29.0 Å². The summed E-state index contributed by atoms with van der Waals surface area (Å²) < 4.78 is 1.62. The molecule has 0 bridgehead atoms. The predicted octanol–water partition coefficient (Wildman–Crippen LogP) is 5.78. The minimum atomic E-state index is -0.526. The SMILES string of the molecule is C[C@H](Nc1ncnc2[nH]ccc(=O)c12)c1c(Cl)c2cccc(-c3cnc(C4CC4)nc3)c2c(=O)n1-c1ccccc1. The van der Waals surface area contributed by atoms with Gasteiger partial charge in [-0.2, -0.15) is 0 Å². The van der Waals surface area contributed by atoms with Gasteiger partial charge in [-0.15, -0.1) is 0 Å². The Balaban J connectivity index is 1.44. The highest BCUT2D eigenvalue weighted by Gasteiger charge is 2.27. The molecule has 2 aromatic carbocycles. The summed E-state index contributed by atoms with van der Waals surface area (Å²) in [4.78, 5) is 47.8. The Morgan fingerprint density at radius 1 is 0.951 bits per heavy atom. The van der Waals surface area contributed by atoms with Gasteiger partial charge in [-0.05, 0) is 37.5 Å². The minimum absolute atomic E-state index is 0.223. The lowest BCUT2D eigenvalue weighted by atomic mass is 9.99. The summed E-state index contributed by atoms with van der Waals surface area (Å²) in [5.41, 5.74) is 2.61. The van der Waals surface area contributed by atoms with Crippen LogP contribution in [0.5, 0.6) is 0 Å². The molecule has 1 saturated carbocycles. The number of benzene rings is 2. The van der Waals surface area contributed by atoms with E-state index in [0.29, 0.717) is 55.5 Å². The Kier molecular flexibility index (Phi) is 6.09. The van der Waals surface area contributed by atoms with Crippen molar-refractivity contribution in [2.75, 3.05) is 5.32 Å². The lowest BCUT2D eigenvalue weighted by Gasteiger charge is -2.24. The number of fused-ring (bicyclic) bond motifs is 2. The molecule has 2 N–H and O–H groups in total. The van der Waals surface area contributed by atoms with Crippen LogP contribution in [0.25, 0.3) is 38.6 Å². The third kappa shape index (κ3) is 4.35. The highest BCUT2D eigenvalue weighted by molar-refractivity contribution is 6.36. The molecule has 0 unspecified atom stereocenters. The van der Waals surface area contributed by atoms with Crippen molar-refractivity contribution in [3.63, 3.8) is 0 Å². The first-order valence-electron chi connectivity index (χ1n) is 13.3. The maximum absolute atomic E-state index is 14.5. The summed E-state index contributed by atoms with van der Waals surface area (Å²) >= 11 is 7.18. The molecule has 1 aliphatic carbocycles. The van der Waals surface area contributed by atoms with Crippen LogP contribution in [0.2, 0.25) is 5.02 Å². The molecule has 1 atom stereocenters. The molecular weight excluding hydrogens is 538 g/mol. The van der Waals surface area contributed by atoms with Crippen LogP contribution in [0.3, 0.4) is 0 Å². The minimum Gasteiger partial charge on any atom is -0.361 e. The molecule has 0 radical (unpaired) electrons. The number of hydrogen-bond donors (Lipinski definition) is 2. The van der Waals surface area contributed by atoms with Crippen molar-refractivity contribution in [2.45, 2.75) is 31.7 Å². The summed E-state index contributed by atoms with van der Waals surface area (Å²) in [5.74, 6) is 1.61. The molecule has 202 valence electrons. The molecule has 4 aromatic heterocycles. The van der Waals surface area contributed by atoms with Crippen LogP contribution in [-0.4, -0.2) is 29.5 Å². The fourth-order valence-corrected chi connectivity index (χ4v) is 5.71. The lowest BCUT2D eigenvalue weighted by Crippen LogP contribution is -2.27. The van der Waals surface area contributed by atoms with E-state index < -0.39 is 6.04 Å². The predicted molar refractivity (Wildman–Crippen MR) is 160 cm³/mol. The number of pyridine rings is 2. The summed E-state index contributed by atoms with van der Waals surface area (Å²) in [7, 11) is 0. The van der Waals surface area contributed by atoms with E-state index in [9.17, 15) is 9.59 Å². The van der Waals surface area contributed by atoms with E-state index in [1.807, 2.05) is 55.5 Å². The van der Waals surface area contributed by atoms with Gasteiger partial charge in [-0.1, -0.05) is 48.0 Å². The van der Waals surface area contributed by atoms with E-state index in [0.717, 1.165) is 24.2 Å². The van der Waals surface area contributed by atoms with Gasteiger partial charge in [0.25, 0.3) is 5.56 Å². The van der Waals surface area contributed by atoms with Crippen LogP contribution < -0.4 is 16.3 Å². The zero-order chi connectivity index (χ0) is 28.1. The second kappa shape index (κ2) is 9.94. The quantitative estimate of drug-likeness (QED) is 0.264. The van der Waals surface area contributed by atoms with Gasteiger partial charge in [-0.25, -0.2) is 19.9 Å². The summed E-state index contributed by atoms with van der Waals surface area (Å²) in [5, 5.41) is 5.14. The molecule has 4 heterocycles. The van der Waals surface area contributed by atoms with Gasteiger partial charge in [0.05, 0.1) is 22.1 Å². The van der Waals surface area contributed by atoms with Crippen molar-refractivity contribution in [3.05, 3.63) is 117 Å². The molecule has 0 saturated heterocycles. The van der Waals surface area contributed by atoms with Crippen molar-refractivity contribution < 1.29 is 0 Å². The molecule has 0 amide bonds. The van der Waals surface area contributed by atoms with Crippen LogP contribution in [0.4, 0.5) is 5.82 Å². The molecule has 41 heavy (non-hydrogen) atoms. The van der Waals surface area contributed by atoms with Crippen LogP contribution >= 0.6 is 11.6 Å². The lowest BCUT2D eigenvalue weighted by molar-refractivity contribution is 0.774. The van der Waals surface area contributed by atoms with Crippen molar-refractivity contribution in [1.29, 1.82) is 0 Å². The normalized spacial score (nSPS) is 13.9. The Labute approximate surface area is 238 Å². The van der Waals surface area contributed by atoms with Crippen LogP contribution in [0, 0.1) is 0 Å². The largest absolute Gasteiger partial charge is 0.361 e. The number of para-hydroxylation sites is 1. The summed E-state index contributed by atoms with van der Waals surface area (Å²) in [6, 6.07) is 15.9.